The molecule has 0 bridgehead atoms. The molecule has 1 unspecified atom stereocenters. The van der Waals surface area contributed by atoms with Crippen molar-refractivity contribution in [3.8, 4) is 17.6 Å². The largest absolute Gasteiger partial charge is 0.496 e. The molecular formula is C57H83N9O9. The molecule has 18 heteroatoms. The number of hydrogen-bond donors (Lipinski definition) is 8. The van der Waals surface area contributed by atoms with Gasteiger partial charge in [0.05, 0.1) is 43.8 Å². The van der Waals surface area contributed by atoms with Crippen molar-refractivity contribution in [3.05, 3.63) is 59.9 Å². The third kappa shape index (κ3) is 19.3. The molecule has 0 aliphatic carbocycles. The molecule has 2 saturated heterocycles. The number of ketones is 2. The zero-order valence-corrected chi connectivity index (χ0v) is 46.2. The van der Waals surface area contributed by atoms with Gasteiger partial charge in [0, 0.05) is 82.5 Å². The van der Waals surface area contributed by atoms with Crippen LogP contribution in [0.5, 0.6) is 11.5 Å². The fourth-order valence-electron chi connectivity index (χ4n) is 9.35. The van der Waals surface area contributed by atoms with Crippen molar-refractivity contribution in [2.24, 2.45) is 41.2 Å². The number of ether oxygens (including phenoxy) is 2. The second-order valence-corrected chi connectivity index (χ2v) is 22.9. The van der Waals surface area contributed by atoms with Gasteiger partial charge in [-0.3, -0.25) is 34.1 Å². The van der Waals surface area contributed by atoms with Gasteiger partial charge in [-0.15, -0.1) is 0 Å². The Balaban J connectivity index is 0.000000301. The summed E-state index contributed by atoms with van der Waals surface area (Å²) in [4.78, 5) is 94.9. The van der Waals surface area contributed by atoms with E-state index in [0.29, 0.717) is 74.4 Å². The molecule has 18 nitrogen and oxygen atoms in total. The summed E-state index contributed by atoms with van der Waals surface area (Å²) in [5, 5.41) is 26.2. The zero-order valence-electron chi connectivity index (χ0n) is 46.2. The molecule has 4 aromatic rings. The van der Waals surface area contributed by atoms with Crippen molar-refractivity contribution < 1.29 is 43.0 Å². The third-order valence-electron chi connectivity index (χ3n) is 12.8. The number of benzene rings is 2. The molecule has 410 valence electrons. The second kappa shape index (κ2) is 27.8. The first-order chi connectivity index (χ1) is 35.2. The molecule has 0 radical (unpaired) electrons. The molecule has 75 heavy (non-hydrogen) atoms. The molecular weight excluding hydrogens is 955 g/mol. The van der Waals surface area contributed by atoms with Crippen LogP contribution in [0.15, 0.2) is 48.5 Å². The van der Waals surface area contributed by atoms with Gasteiger partial charge in [0.15, 0.2) is 11.6 Å². The number of rotatable bonds is 23. The molecule has 0 saturated carbocycles. The summed E-state index contributed by atoms with van der Waals surface area (Å²) in [5.74, 6) is -1.10. The van der Waals surface area contributed by atoms with E-state index in [1.54, 1.807) is 26.4 Å². The molecule has 6 rings (SSSR count). The number of hydrogen-bond acceptors (Lipinski definition) is 12. The van der Waals surface area contributed by atoms with Crippen LogP contribution in [0.3, 0.4) is 0 Å². The second-order valence-electron chi connectivity index (χ2n) is 22.9. The number of H-pyrrole nitrogens is 2. The average molecular weight is 1040 g/mol. The molecule has 2 fully saturated rings. The van der Waals surface area contributed by atoms with E-state index in [9.17, 15) is 38.8 Å². The third-order valence-corrected chi connectivity index (χ3v) is 12.8. The number of methoxy groups -OCH3 is 2. The Hall–Kier alpha value is -6.58. The van der Waals surface area contributed by atoms with Crippen LogP contribution in [0, 0.1) is 46.8 Å². The van der Waals surface area contributed by atoms with Gasteiger partial charge in [0.1, 0.15) is 23.8 Å². The highest BCUT2D eigenvalue weighted by atomic mass is 16.5. The standard InChI is InChI=1S/C29H41N5O4.C24H31N3O5.C4H11N/c1-17(2)12-19(14-25(35)23-15-20-21(32-23)8-7-9-26(20)38-6)28(37)33-22(13-18-10-11-31-27(18)36)24(16-30)34-29(3,4)5;1-14(2)9-16(24(31)26-17(13-28)10-15-7-8-25-23(15)30)11-21(29)20-12-18-19(27-20)5-4-6-22(18)32-3;1-4(2,3)5/h7-9,15,17-19,22,24,32,34H,10-14H2,1-6H3,(H,31,36)(H,33,37);4-6,12-17,27H,7-11H2,1-3H3,(H,25,30)(H,26,31);5H2,1-3H3/t18-,19+,22-,24?;15-,16+,17-;/m00./s1. The van der Waals surface area contributed by atoms with Crippen LogP contribution in [0.2, 0.25) is 0 Å². The van der Waals surface area contributed by atoms with Gasteiger partial charge in [-0.2, -0.15) is 5.26 Å². The van der Waals surface area contributed by atoms with Crippen LogP contribution >= 0.6 is 0 Å². The summed E-state index contributed by atoms with van der Waals surface area (Å²) in [5.41, 5.74) is 7.40. The Labute approximate surface area is 442 Å². The number of aromatic amines is 2. The molecule has 7 atom stereocenters. The number of aromatic nitrogens is 2. The highest BCUT2D eigenvalue weighted by molar-refractivity contribution is 6.03. The van der Waals surface area contributed by atoms with Crippen molar-refractivity contribution in [3.63, 3.8) is 0 Å². The van der Waals surface area contributed by atoms with Gasteiger partial charge in [-0.05, 0) is 128 Å². The topological polar surface area (TPSA) is 279 Å². The van der Waals surface area contributed by atoms with Crippen molar-refractivity contribution >= 4 is 63.3 Å². The van der Waals surface area contributed by atoms with E-state index in [-0.39, 0.29) is 89.2 Å². The van der Waals surface area contributed by atoms with E-state index < -0.39 is 30.0 Å². The zero-order chi connectivity index (χ0) is 55.8. The first kappa shape index (κ1) is 61.0. The summed E-state index contributed by atoms with van der Waals surface area (Å²) in [6, 6.07) is 14.9. The maximum absolute atomic E-state index is 13.6. The van der Waals surface area contributed by atoms with Gasteiger partial charge in [-0.1, -0.05) is 39.8 Å². The minimum Gasteiger partial charge on any atom is -0.496 e. The number of nitrogens with one attached hydrogen (secondary N) is 7. The smallest absolute Gasteiger partial charge is 0.224 e. The van der Waals surface area contributed by atoms with E-state index in [1.807, 2.05) is 106 Å². The molecule has 2 aliphatic heterocycles. The van der Waals surface area contributed by atoms with E-state index in [0.717, 1.165) is 21.8 Å². The first-order valence-corrected chi connectivity index (χ1v) is 26.2. The molecule has 9 N–H and O–H groups in total. The number of aldehydes is 1. The summed E-state index contributed by atoms with van der Waals surface area (Å²) < 4.78 is 10.8. The van der Waals surface area contributed by atoms with Crippen LogP contribution in [0.25, 0.3) is 21.8 Å². The number of Topliss-reactive ketones (excluding diaryl/α,β-unsaturated/α-hetero) is 2. The Morgan fingerprint density at radius 2 is 1.16 bits per heavy atom. The fraction of sp³-hybridized carbons (Fsp3) is 0.579. The lowest BCUT2D eigenvalue weighted by Gasteiger charge is -2.32. The lowest BCUT2D eigenvalue weighted by molar-refractivity contribution is -0.129. The first-order valence-electron chi connectivity index (χ1n) is 26.2. The fourth-order valence-corrected chi connectivity index (χ4v) is 9.35. The van der Waals surface area contributed by atoms with Crippen molar-refractivity contribution in [1.82, 2.24) is 36.6 Å². The lowest BCUT2D eigenvalue weighted by Crippen LogP contribution is -2.56. The number of nitrogens with zero attached hydrogens (tertiary/aromatic N) is 1. The molecule has 4 heterocycles. The van der Waals surface area contributed by atoms with Gasteiger partial charge in [0.25, 0.3) is 0 Å². The predicted octanol–water partition coefficient (Wildman–Crippen LogP) is 7.07. The van der Waals surface area contributed by atoms with Gasteiger partial charge >= 0.3 is 0 Å². The molecule has 2 aliphatic rings. The van der Waals surface area contributed by atoms with Crippen molar-refractivity contribution in [2.45, 2.75) is 150 Å². The lowest BCUT2D eigenvalue weighted by atomic mass is 9.88. The van der Waals surface area contributed by atoms with Crippen LogP contribution in [0.1, 0.15) is 142 Å². The number of amides is 4. The van der Waals surface area contributed by atoms with E-state index in [2.05, 4.69) is 42.6 Å². The Bertz CT molecular complexity index is 2630. The normalized spacial score (nSPS) is 17.5. The summed E-state index contributed by atoms with van der Waals surface area (Å²) in [7, 11) is 3.16. The number of fused-ring (bicyclic) bond motifs is 2. The van der Waals surface area contributed by atoms with Crippen LogP contribution in [-0.2, 0) is 24.0 Å². The van der Waals surface area contributed by atoms with Crippen LogP contribution in [0.4, 0.5) is 0 Å². The number of nitriles is 1. The number of carbonyl (C=O) groups is 7. The van der Waals surface area contributed by atoms with Gasteiger partial charge < -0.3 is 51.2 Å². The average Bonchev–Trinajstić information content (AvgIpc) is 4.16. The summed E-state index contributed by atoms with van der Waals surface area (Å²) >= 11 is 0. The van der Waals surface area contributed by atoms with E-state index in [4.69, 9.17) is 15.2 Å². The SMILES string of the molecule is CC(C)(C)N.COc1cccc2[nH]c(C(=O)C[C@@H](CC(C)C)C(=O)N[C@@H](C[C@@H]3CCNC3=O)C(C#N)NC(C)(C)C)cc12.COc1cccc2[nH]c(C(=O)C[C@@H](CC(C)C)C(=O)N[C@H](C=O)C[C@@H]3CCNC3=O)cc12. The molecule has 2 aromatic carbocycles. The Kier molecular flexibility index (Phi) is 22.6. The van der Waals surface area contributed by atoms with Gasteiger partial charge in [-0.25, -0.2) is 0 Å². The van der Waals surface area contributed by atoms with E-state index >= 15 is 0 Å². The van der Waals surface area contributed by atoms with Gasteiger partial charge in [0.2, 0.25) is 23.6 Å². The highest BCUT2D eigenvalue weighted by Gasteiger charge is 2.36. The van der Waals surface area contributed by atoms with Crippen LogP contribution < -0.4 is 41.8 Å². The highest BCUT2D eigenvalue weighted by Crippen LogP contribution is 2.30. The summed E-state index contributed by atoms with van der Waals surface area (Å²) in [6.07, 6.45) is 3.68. The number of nitrogens with two attached hydrogens (primary N) is 1. The summed E-state index contributed by atoms with van der Waals surface area (Å²) in [6.45, 7) is 20.9. The quantitative estimate of drug-likeness (QED) is 0.0274. The molecule has 2 aromatic heterocycles. The predicted molar refractivity (Wildman–Crippen MR) is 291 cm³/mol. The Morgan fingerprint density at radius 3 is 1.52 bits per heavy atom. The maximum Gasteiger partial charge on any atom is 0.224 e. The maximum atomic E-state index is 13.6. The minimum atomic E-state index is -0.751. The Morgan fingerprint density at radius 1 is 0.733 bits per heavy atom. The monoisotopic (exact) mass is 1040 g/mol. The van der Waals surface area contributed by atoms with Crippen LogP contribution in [-0.4, -0.2) is 108 Å². The number of carbonyl (C=O) groups excluding carboxylic acids is 7. The minimum absolute atomic E-state index is 0. The van der Waals surface area contributed by atoms with Crippen molar-refractivity contribution in [2.75, 3.05) is 27.3 Å². The van der Waals surface area contributed by atoms with Crippen molar-refractivity contribution in [1.29, 1.82) is 5.26 Å². The molecule has 0 spiro atoms. The van der Waals surface area contributed by atoms with E-state index in [1.165, 1.54) is 0 Å². The molecule has 4 amide bonds.